The number of hydrogen-bond donors (Lipinski definition) is 0. The molecular formula is C24H27F6NO. The standard InChI is InChI=1S/C24H27F6NO/c25-23(26,27)18-7-9-19(10-8-18)32-21-11-6-17-5-4-16(15-31-12-2-1-3-13-31)14-20(17)22(21)24(28,29)30/h4-6,11,14,18-19H,1-3,7-10,12-13,15H2/t18-,19+. The topological polar surface area (TPSA) is 12.5 Å². The lowest BCUT2D eigenvalue weighted by Gasteiger charge is -2.31. The summed E-state index contributed by atoms with van der Waals surface area (Å²) in [4.78, 5) is 2.25. The summed E-state index contributed by atoms with van der Waals surface area (Å²) in [6, 6.07) is 8.02. The first-order chi connectivity index (χ1) is 15.1. The van der Waals surface area contributed by atoms with E-state index in [0.29, 0.717) is 11.9 Å². The van der Waals surface area contributed by atoms with Crippen molar-refractivity contribution >= 4 is 10.8 Å². The van der Waals surface area contributed by atoms with E-state index in [1.54, 1.807) is 18.2 Å². The van der Waals surface area contributed by atoms with Crippen molar-refractivity contribution in [1.82, 2.24) is 4.90 Å². The van der Waals surface area contributed by atoms with Gasteiger partial charge in [-0.05, 0) is 80.1 Å². The van der Waals surface area contributed by atoms with Crippen molar-refractivity contribution in [2.75, 3.05) is 13.1 Å². The number of rotatable bonds is 4. The Balaban J connectivity index is 1.59. The summed E-state index contributed by atoms with van der Waals surface area (Å²) in [5.41, 5.74) is -0.0267. The molecule has 1 saturated heterocycles. The summed E-state index contributed by atoms with van der Waals surface area (Å²) in [6.07, 6.45) is -6.25. The van der Waals surface area contributed by atoms with Crippen LogP contribution in [0.5, 0.6) is 5.75 Å². The summed E-state index contributed by atoms with van der Waals surface area (Å²) in [5, 5.41) is 0.543. The Morgan fingerprint density at radius 1 is 0.844 bits per heavy atom. The maximum Gasteiger partial charge on any atom is 0.420 e. The Hall–Kier alpha value is -1.96. The molecule has 0 atom stereocenters. The number of halogens is 6. The van der Waals surface area contributed by atoms with E-state index in [2.05, 4.69) is 4.90 Å². The molecule has 1 saturated carbocycles. The molecule has 2 nitrogen and oxygen atoms in total. The molecule has 1 aliphatic carbocycles. The minimum Gasteiger partial charge on any atom is -0.490 e. The molecule has 2 aliphatic rings. The third-order valence-electron chi connectivity index (χ3n) is 6.62. The molecule has 0 bridgehead atoms. The fraction of sp³-hybridized carbons (Fsp3) is 0.583. The Labute approximate surface area is 183 Å². The number of nitrogens with zero attached hydrogens (tertiary/aromatic N) is 1. The van der Waals surface area contributed by atoms with Gasteiger partial charge < -0.3 is 4.74 Å². The first kappa shape index (κ1) is 23.2. The molecule has 0 N–H and O–H groups in total. The first-order valence-electron chi connectivity index (χ1n) is 11.2. The van der Waals surface area contributed by atoms with E-state index < -0.39 is 29.9 Å². The number of benzene rings is 2. The largest absolute Gasteiger partial charge is 0.490 e. The van der Waals surface area contributed by atoms with Gasteiger partial charge in [0.2, 0.25) is 0 Å². The Morgan fingerprint density at radius 3 is 2.12 bits per heavy atom. The predicted octanol–water partition coefficient (Wildman–Crippen LogP) is 7.34. The molecule has 2 aromatic carbocycles. The minimum absolute atomic E-state index is 0.0773. The van der Waals surface area contributed by atoms with Crippen LogP contribution < -0.4 is 4.74 Å². The highest BCUT2D eigenvalue weighted by Crippen LogP contribution is 2.44. The fourth-order valence-corrected chi connectivity index (χ4v) is 4.90. The lowest BCUT2D eigenvalue weighted by atomic mass is 9.87. The van der Waals surface area contributed by atoms with Gasteiger partial charge in [-0.25, -0.2) is 0 Å². The third kappa shape index (κ3) is 5.33. The molecule has 0 unspecified atom stereocenters. The number of fused-ring (bicyclic) bond motifs is 1. The molecule has 4 rings (SSSR count). The van der Waals surface area contributed by atoms with Gasteiger partial charge in [0.25, 0.3) is 0 Å². The summed E-state index contributed by atoms with van der Waals surface area (Å²) in [5.74, 6) is -1.70. The van der Waals surface area contributed by atoms with Gasteiger partial charge in [-0.15, -0.1) is 0 Å². The molecule has 176 valence electrons. The number of alkyl halides is 6. The zero-order valence-electron chi connectivity index (χ0n) is 17.7. The zero-order valence-corrected chi connectivity index (χ0v) is 17.7. The van der Waals surface area contributed by atoms with Gasteiger partial charge in [-0.3, -0.25) is 4.90 Å². The molecular weight excluding hydrogens is 432 g/mol. The Morgan fingerprint density at radius 2 is 1.50 bits per heavy atom. The van der Waals surface area contributed by atoms with Gasteiger partial charge in [0.05, 0.1) is 12.0 Å². The molecule has 0 radical (unpaired) electrons. The molecule has 0 spiro atoms. The van der Waals surface area contributed by atoms with E-state index in [1.165, 1.54) is 12.5 Å². The Bertz CT molecular complexity index is 924. The van der Waals surface area contributed by atoms with Crippen LogP contribution in [-0.4, -0.2) is 30.3 Å². The second-order valence-electron chi connectivity index (χ2n) is 8.96. The van der Waals surface area contributed by atoms with Gasteiger partial charge >= 0.3 is 12.4 Å². The third-order valence-corrected chi connectivity index (χ3v) is 6.62. The zero-order chi connectivity index (χ0) is 22.9. The van der Waals surface area contributed by atoms with E-state index in [4.69, 9.17) is 4.74 Å². The molecule has 2 aromatic rings. The SMILES string of the molecule is FC(F)(F)c1c(O[C@H]2CC[C@@H](C(F)(F)F)CC2)ccc2ccc(CN3CCCCC3)cc12. The minimum atomic E-state index is -4.64. The van der Waals surface area contributed by atoms with Crippen LogP contribution in [0.2, 0.25) is 0 Å². The van der Waals surface area contributed by atoms with Crippen LogP contribution in [0.1, 0.15) is 56.1 Å². The van der Waals surface area contributed by atoms with Crippen LogP contribution in [0.3, 0.4) is 0 Å². The predicted molar refractivity (Wildman–Crippen MR) is 111 cm³/mol. The normalized spacial score (nSPS) is 23.4. The van der Waals surface area contributed by atoms with Crippen molar-refractivity contribution in [2.24, 2.45) is 5.92 Å². The van der Waals surface area contributed by atoms with E-state index in [-0.39, 0.29) is 36.8 Å². The highest BCUT2D eigenvalue weighted by atomic mass is 19.4. The van der Waals surface area contributed by atoms with Gasteiger partial charge in [-0.2, -0.15) is 26.3 Å². The summed E-state index contributed by atoms with van der Waals surface area (Å²) < 4.78 is 86.7. The van der Waals surface area contributed by atoms with Crippen molar-refractivity contribution < 1.29 is 31.1 Å². The highest BCUT2D eigenvalue weighted by Gasteiger charge is 2.42. The lowest BCUT2D eigenvalue weighted by Crippen LogP contribution is -2.32. The fourth-order valence-electron chi connectivity index (χ4n) is 4.90. The molecule has 32 heavy (non-hydrogen) atoms. The Kier molecular flexibility index (Phi) is 6.61. The van der Waals surface area contributed by atoms with Gasteiger partial charge in [0, 0.05) is 6.54 Å². The second kappa shape index (κ2) is 9.12. The smallest absolute Gasteiger partial charge is 0.420 e. The van der Waals surface area contributed by atoms with Crippen molar-refractivity contribution in [3.63, 3.8) is 0 Å². The van der Waals surface area contributed by atoms with Crippen molar-refractivity contribution in [1.29, 1.82) is 0 Å². The van der Waals surface area contributed by atoms with E-state index in [0.717, 1.165) is 31.5 Å². The van der Waals surface area contributed by atoms with E-state index in [1.807, 2.05) is 6.07 Å². The van der Waals surface area contributed by atoms with Gasteiger partial charge in [0.1, 0.15) is 11.3 Å². The van der Waals surface area contributed by atoms with Crippen molar-refractivity contribution in [2.45, 2.75) is 69.9 Å². The maximum atomic E-state index is 14.1. The molecule has 1 heterocycles. The molecule has 8 heteroatoms. The summed E-state index contributed by atoms with van der Waals surface area (Å²) >= 11 is 0. The average molecular weight is 459 g/mol. The van der Waals surface area contributed by atoms with Crippen LogP contribution in [0, 0.1) is 5.92 Å². The lowest BCUT2D eigenvalue weighted by molar-refractivity contribution is -0.185. The average Bonchev–Trinajstić information content (AvgIpc) is 2.73. The molecule has 1 aliphatic heterocycles. The van der Waals surface area contributed by atoms with E-state index in [9.17, 15) is 26.3 Å². The number of hydrogen-bond acceptors (Lipinski definition) is 2. The van der Waals surface area contributed by atoms with Crippen LogP contribution >= 0.6 is 0 Å². The molecule has 0 amide bonds. The summed E-state index contributed by atoms with van der Waals surface area (Å²) in [6.45, 7) is 2.47. The molecule has 0 aromatic heterocycles. The number of ether oxygens (including phenoxy) is 1. The maximum absolute atomic E-state index is 14.1. The van der Waals surface area contributed by atoms with Crippen LogP contribution in [0.4, 0.5) is 26.3 Å². The van der Waals surface area contributed by atoms with Gasteiger partial charge in [-0.1, -0.05) is 24.6 Å². The van der Waals surface area contributed by atoms with Crippen LogP contribution in [0.25, 0.3) is 10.8 Å². The van der Waals surface area contributed by atoms with Crippen LogP contribution in [-0.2, 0) is 12.7 Å². The first-order valence-corrected chi connectivity index (χ1v) is 11.2. The van der Waals surface area contributed by atoms with Crippen molar-refractivity contribution in [3.8, 4) is 5.75 Å². The highest BCUT2D eigenvalue weighted by molar-refractivity contribution is 5.89. The number of likely N-dealkylation sites (tertiary alicyclic amines) is 1. The monoisotopic (exact) mass is 459 g/mol. The second-order valence-corrected chi connectivity index (χ2v) is 8.96. The number of piperidine rings is 1. The summed E-state index contributed by atoms with van der Waals surface area (Å²) in [7, 11) is 0. The van der Waals surface area contributed by atoms with E-state index >= 15 is 0 Å². The van der Waals surface area contributed by atoms with Crippen LogP contribution in [0.15, 0.2) is 30.3 Å². The quantitative estimate of drug-likeness (QED) is 0.444. The molecule has 2 fully saturated rings. The van der Waals surface area contributed by atoms with Crippen molar-refractivity contribution in [3.05, 3.63) is 41.5 Å². The van der Waals surface area contributed by atoms with Gasteiger partial charge in [0.15, 0.2) is 0 Å².